The van der Waals surface area contributed by atoms with E-state index < -0.39 is 0 Å². The third kappa shape index (κ3) is 1.96. The number of methoxy groups -OCH3 is 2. The summed E-state index contributed by atoms with van der Waals surface area (Å²) in [5.74, 6) is 1.20. The second-order valence-corrected chi connectivity index (χ2v) is 5.90. The van der Waals surface area contributed by atoms with Crippen LogP contribution < -0.4 is 9.47 Å². The van der Waals surface area contributed by atoms with Crippen LogP contribution in [0.4, 0.5) is 0 Å². The van der Waals surface area contributed by atoms with E-state index in [1.165, 1.54) is 14.2 Å². The van der Waals surface area contributed by atoms with Crippen LogP contribution in [0.25, 0.3) is 0 Å². The molecule has 0 saturated carbocycles. The summed E-state index contributed by atoms with van der Waals surface area (Å²) >= 11 is 0. The van der Waals surface area contributed by atoms with Gasteiger partial charge in [-0.25, -0.2) is 0 Å². The van der Waals surface area contributed by atoms with Crippen LogP contribution in [0.2, 0.25) is 0 Å². The standard InChI is InChI=1S/C18H18O5/c1-21-11-5-3-9-7-14-16-10(4-6-12(22-2)18(16)20)8-13(23-14)15(9)17(11)19/h3-6,13-14,19-20H,7-8H2,1-2H3/t13-,14-/m1/s1. The van der Waals surface area contributed by atoms with Gasteiger partial charge in [0.05, 0.1) is 26.4 Å². The highest BCUT2D eigenvalue weighted by Gasteiger charge is 2.39. The third-order valence-electron chi connectivity index (χ3n) is 4.76. The maximum atomic E-state index is 10.5. The first-order valence-electron chi connectivity index (χ1n) is 7.57. The van der Waals surface area contributed by atoms with Gasteiger partial charge in [0.1, 0.15) is 0 Å². The quantitative estimate of drug-likeness (QED) is 0.892. The first-order chi connectivity index (χ1) is 11.1. The van der Waals surface area contributed by atoms with Crippen LogP contribution in [0, 0.1) is 0 Å². The summed E-state index contributed by atoms with van der Waals surface area (Å²) in [7, 11) is 3.07. The summed E-state index contributed by atoms with van der Waals surface area (Å²) in [5.41, 5.74) is 3.64. The van der Waals surface area contributed by atoms with Crippen molar-refractivity contribution in [2.75, 3.05) is 14.2 Å². The van der Waals surface area contributed by atoms with Crippen molar-refractivity contribution >= 4 is 0 Å². The molecule has 2 aliphatic heterocycles. The molecule has 0 aliphatic carbocycles. The van der Waals surface area contributed by atoms with Crippen molar-refractivity contribution in [2.24, 2.45) is 0 Å². The number of hydrogen-bond donors (Lipinski definition) is 2. The fraction of sp³-hybridized carbons (Fsp3) is 0.333. The molecule has 2 heterocycles. The summed E-state index contributed by atoms with van der Waals surface area (Å²) in [5, 5.41) is 20.9. The summed E-state index contributed by atoms with van der Waals surface area (Å²) in [4.78, 5) is 0. The van der Waals surface area contributed by atoms with Gasteiger partial charge in [-0.05, 0) is 23.3 Å². The molecule has 5 heteroatoms. The van der Waals surface area contributed by atoms with E-state index in [4.69, 9.17) is 14.2 Å². The normalized spacial score (nSPS) is 21.3. The predicted octanol–water partition coefficient (Wildman–Crippen LogP) is 3.03. The molecule has 0 amide bonds. The van der Waals surface area contributed by atoms with Crippen LogP contribution >= 0.6 is 0 Å². The summed E-state index contributed by atoms with van der Waals surface area (Å²) in [6.45, 7) is 0. The van der Waals surface area contributed by atoms with Gasteiger partial charge >= 0.3 is 0 Å². The van der Waals surface area contributed by atoms with E-state index in [0.29, 0.717) is 24.3 Å². The number of phenolic OH excluding ortho intramolecular Hbond substituents is 2. The highest BCUT2D eigenvalue weighted by atomic mass is 16.5. The molecule has 5 nitrogen and oxygen atoms in total. The number of ether oxygens (including phenoxy) is 3. The van der Waals surface area contributed by atoms with Gasteiger partial charge < -0.3 is 24.4 Å². The lowest BCUT2D eigenvalue weighted by Crippen LogP contribution is -2.27. The summed E-state index contributed by atoms with van der Waals surface area (Å²) < 4.78 is 16.5. The van der Waals surface area contributed by atoms with Crippen molar-refractivity contribution in [1.82, 2.24) is 0 Å². The number of rotatable bonds is 2. The van der Waals surface area contributed by atoms with Crippen LogP contribution in [0.1, 0.15) is 34.5 Å². The zero-order chi connectivity index (χ0) is 16.1. The Balaban J connectivity index is 1.84. The van der Waals surface area contributed by atoms with Crippen molar-refractivity contribution < 1.29 is 24.4 Å². The minimum atomic E-state index is -0.237. The van der Waals surface area contributed by atoms with Gasteiger partial charge in [0, 0.05) is 24.0 Å². The highest BCUT2D eigenvalue weighted by Crippen LogP contribution is 2.52. The first-order valence-corrected chi connectivity index (χ1v) is 7.57. The highest BCUT2D eigenvalue weighted by molar-refractivity contribution is 5.57. The lowest BCUT2D eigenvalue weighted by molar-refractivity contribution is -0.0418. The van der Waals surface area contributed by atoms with E-state index in [1.807, 2.05) is 12.1 Å². The Morgan fingerprint density at radius 1 is 0.826 bits per heavy atom. The molecule has 2 N–H and O–H groups in total. The van der Waals surface area contributed by atoms with Gasteiger partial charge in [0.2, 0.25) is 0 Å². The van der Waals surface area contributed by atoms with Crippen molar-refractivity contribution in [3.8, 4) is 23.0 Å². The van der Waals surface area contributed by atoms with Crippen LogP contribution in [0.15, 0.2) is 24.3 Å². The van der Waals surface area contributed by atoms with E-state index in [0.717, 1.165) is 22.3 Å². The van der Waals surface area contributed by atoms with Gasteiger partial charge in [-0.2, -0.15) is 0 Å². The minimum Gasteiger partial charge on any atom is -0.504 e. The van der Waals surface area contributed by atoms with Crippen molar-refractivity contribution in [1.29, 1.82) is 0 Å². The average molecular weight is 314 g/mol. The van der Waals surface area contributed by atoms with E-state index in [2.05, 4.69) is 0 Å². The number of fused-ring (bicyclic) bond motifs is 6. The van der Waals surface area contributed by atoms with E-state index in [1.54, 1.807) is 12.1 Å². The molecule has 0 radical (unpaired) electrons. The Kier molecular flexibility index (Phi) is 3.13. The molecule has 2 aromatic carbocycles. The number of aromatic hydroxyl groups is 2. The monoisotopic (exact) mass is 314 g/mol. The van der Waals surface area contributed by atoms with Gasteiger partial charge in [-0.3, -0.25) is 0 Å². The fourth-order valence-electron chi connectivity index (χ4n) is 3.70. The molecule has 4 rings (SSSR count). The Hall–Kier alpha value is -2.40. The molecule has 0 spiro atoms. The molecular formula is C18H18O5. The van der Waals surface area contributed by atoms with Gasteiger partial charge in [-0.15, -0.1) is 0 Å². The molecule has 2 atom stereocenters. The molecule has 2 bridgehead atoms. The largest absolute Gasteiger partial charge is 0.504 e. The molecule has 0 saturated heterocycles. The fourth-order valence-corrected chi connectivity index (χ4v) is 3.70. The van der Waals surface area contributed by atoms with Crippen LogP contribution in [-0.4, -0.2) is 24.4 Å². The number of phenols is 2. The third-order valence-corrected chi connectivity index (χ3v) is 4.76. The predicted molar refractivity (Wildman–Crippen MR) is 83.3 cm³/mol. The smallest absolute Gasteiger partial charge is 0.163 e. The SMILES string of the molecule is COc1ccc2c(c1O)[C@H]1Cc3ccc(OC)c(O)c3[C@@H](C2)O1. The molecule has 2 aromatic rings. The van der Waals surface area contributed by atoms with Crippen molar-refractivity contribution in [3.63, 3.8) is 0 Å². The minimum absolute atomic E-state index is 0.148. The number of benzene rings is 2. The molecule has 2 aliphatic rings. The molecule has 0 aromatic heterocycles. The van der Waals surface area contributed by atoms with E-state index in [-0.39, 0.29) is 23.7 Å². The summed E-state index contributed by atoms with van der Waals surface area (Å²) in [6, 6.07) is 7.44. The van der Waals surface area contributed by atoms with E-state index >= 15 is 0 Å². The Bertz CT molecular complexity index is 718. The van der Waals surface area contributed by atoms with E-state index in [9.17, 15) is 10.2 Å². The summed E-state index contributed by atoms with van der Waals surface area (Å²) in [6.07, 6.45) is 0.715. The zero-order valence-corrected chi connectivity index (χ0v) is 13.0. The molecule has 120 valence electrons. The maximum absolute atomic E-state index is 10.5. The lowest BCUT2D eigenvalue weighted by Gasteiger charge is -2.39. The van der Waals surface area contributed by atoms with Crippen LogP contribution in [-0.2, 0) is 17.6 Å². The van der Waals surface area contributed by atoms with Crippen molar-refractivity contribution in [3.05, 3.63) is 46.5 Å². The van der Waals surface area contributed by atoms with Crippen LogP contribution in [0.3, 0.4) is 0 Å². The first kappa shape index (κ1) is 14.2. The van der Waals surface area contributed by atoms with Gasteiger partial charge in [-0.1, -0.05) is 12.1 Å². The van der Waals surface area contributed by atoms with Gasteiger partial charge in [0.15, 0.2) is 23.0 Å². The number of hydrogen-bond acceptors (Lipinski definition) is 5. The molecule has 0 unspecified atom stereocenters. The second-order valence-electron chi connectivity index (χ2n) is 5.90. The Morgan fingerprint density at radius 3 is 1.65 bits per heavy atom. The molecule has 0 fully saturated rings. The topological polar surface area (TPSA) is 68.2 Å². The molecule has 23 heavy (non-hydrogen) atoms. The van der Waals surface area contributed by atoms with Crippen LogP contribution in [0.5, 0.6) is 23.0 Å². The zero-order valence-electron chi connectivity index (χ0n) is 13.0. The Morgan fingerprint density at radius 2 is 1.26 bits per heavy atom. The lowest BCUT2D eigenvalue weighted by atomic mass is 9.81. The molecular weight excluding hydrogens is 296 g/mol. The Labute approximate surface area is 134 Å². The van der Waals surface area contributed by atoms with Crippen molar-refractivity contribution in [2.45, 2.75) is 25.0 Å². The van der Waals surface area contributed by atoms with Gasteiger partial charge in [0.25, 0.3) is 0 Å². The average Bonchev–Trinajstić information content (AvgIpc) is 2.55. The second kappa shape index (κ2) is 5.06. The maximum Gasteiger partial charge on any atom is 0.163 e.